The molecule has 0 aliphatic heterocycles. The van der Waals surface area contributed by atoms with E-state index < -0.39 is 42.4 Å². The van der Waals surface area contributed by atoms with Crippen LogP contribution in [0.2, 0.25) is 0 Å². The Labute approximate surface area is 139 Å². The molecule has 0 radical (unpaired) electrons. The van der Waals surface area contributed by atoms with Crippen molar-refractivity contribution in [1.82, 2.24) is 10.6 Å². The zero-order chi connectivity index (χ0) is 15.7. The summed E-state index contributed by atoms with van der Waals surface area (Å²) in [7, 11) is 0. The van der Waals surface area contributed by atoms with Gasteiger partial charge in [-0.1, -0.05) is 0 Å². The second kappa shape index (κ2) is 11.5. The van der Waals surface area contributed by atoms with E-state index in [1.165, 1.54) is 0 Å². The molecule has 4 N–H and O–H groups in total. The van der Waals surface area contributed by atoms with Crippen LogP contribution in [0.1, 0.15) is 12.8 Å². The maximum absolute atomic E-state index is 11.5. The zero-order valence-corrected chi connectivity index (χ0v) is 15.0. The average molecular weight is 371 g/mol. The first kappa shape index (κ1) is 22.1. The molecule has 2 amide bonds. The van der Waals surface area contributed by atoms with Crippen molar-refractivity contribution in [3.05, 3.63) is 0 Å². The number of rotatable bonds is 9. The molecule has 2 unspecified atom stereocenters. The summed E-state index contributed by atoms with van der Waals surface area (Å²) in [6.45, 7) is -0.686. The molecule has 0 aromatic carbocycles. The Morgan fingerprint density at radius 2 is 1.76 bits per heavy atom. The molecule has 0 aromatic heterocycles. The van der Waals surface area contributed by atoms with E-state index in [1.54, 1.807) is 0 Å². The van der Waals surface area contributed by atoms with E-state index in [-0.39, 0.29) is 38.1 Å². The van der Waals surface area contributed by atoms with Gasteiger partial charge in [0.15, 0.2) is 0 Å². The van der Waals surface area contributed by atoms with Crippen LogP contribution in [-0.4, -0.2) is 48.1 Å². The molecule has 9 nitrogen and oxygen atoms in total. The molecule has 0 spiro atoms. The minimum atomic E-state index is -1.48. The predicted octanol–water partition coefficient (Wildman–Crippen LogP) is -4.88. The third kappa shape index (κ3) is 10.2. The first-order valence-corrected chi connectivity index (χ1v) is 6.25. The van der Waals surface area contributed by atoms with E-state index in [9.17, 15) is 29.4 Å². The van der Waals surface area contributed by atoms with Gasteiger partial charge in [-0.25, -0.2) is 0 Å². The number of aliphatic carboxylic acids is 2. The Morgan fingerprint density at radius 3 is 2.19 bits per heavy atom. The van der Waals surface area contributed by atoms with Crippen molar-refractivity contribution in [3.8, 4) is 0 Å². The number of carboxylic acids is 2. The van der Waals surface area contributed by atoms with Crippen LogP contribution in [0.4, 0.5) is 0 Å². The summed E-state index contributed by atoms with van der Waals surface area (Å²) in [5, 5.41) is 24.8. The molecular weight excluding hydrogens is 356 g/mol. The molecule has 0 saturated carbocycles. The van der Waals surface area contributed by atoms with E-state index in [1.807, 2.05) is 5.32 Å². The number of carbonyl (C=O) groups excluding carboxylic acids is 4. The van der Waals surface area contributed by atoms with E-state index in [0.717, 1.165) is 0 Å². The number of amides is 2. The van der Waals surface area contributed by atoms with Gasteiger partial charge in [-0.2, -0.15) is 12.6 Å². The number of thiol groups is 1. The molecule has 0 heterocycles. The number of nitrogens with one attached hydrogen (secondary N) is 2. The molecule has 0 rings (SSSR count). The molecule has 0 aromatic rings. The van der Waals surface area contributed by atoms with Gasteiger partial charge in [0.2, 0.25) is 11.8 Å². The summed E-state index contributed by atoms with van der Waals surface area (Å²) in [4.78, 5) is 43.4. The van der Waals surface area contributed by atoms with Crippen LogP contribution < -0.4 is 26.6 Å². The van der Waals surface area contributed by atoms with Crippen molar-refractivity contribution >= 4 is 36.4 Å². The predicted molar refractivity (Wildman–Crippen MR) is 66.0 cm³/mol. The number of carbonyl (C=O) groups is 4. The fourth-order valence-corrected chi connectivity index (χ4v) is 1.40. The Hall–Kier alpha value is -1.19. The minimum absolute atomic E-state index is 0. The van der Waals surface area contributed by atoms with Crippen molar-refractivity contribution in [2.75, 3.05) is 12.3 Å². The smallest absolute Gasteiger partial charge is 0.548 e. The Balaban J connectivity index is 0. The molecule has 2 atom stereocenters. The van der Waals surface area contributed by atoms with Gasteiger partial charge in [0, 0.05) is 18.2 Å². The third-order valence-corrected chi connectivity index (χ3v) is 2.59. The molecule has 11 heteroatoms. The van der Waals surface area contributed by atoms with Gasteiger partial charge < -0.3 is 36.2 Å². The third-order valence-electron chi connectivity index (χ3n) is 2.23. The van der Waals surface area contributed by atoms with Crippen molar-refractivity contribution < 1.29 is 48.9 Å². The van der Waals surface area contributed by atoms with Gasteiger partial charge in [-0.3, -0.25) is 9.59 Å². The summed E-state index contributed by atoms with van der Waals surface area (Å²) in [6.07, 6.45) is -0.360. The maximum Gasteiger partial charge on any atom is 2.00 e. The van der Waals surface area contributed by atoms with Gasteiger partial charge in [0.25, 0.3) is 0 Å². The van der Waals surface area contributed by atoms with Gasteiger partial charge in [-0.05, 0) is 6.42 Å². The number of nitrogens with two attached hydrogens (primary N) is 1. The van der Waals surface area contributed by atoms with Crippen molar-refractivity contribution in [2.24, 2.45) is 5.73 Å². The normalized spacial score (nSPS) is 12.5. The minimum Gasteiger partial charge on any atom is -0.548 e. The molecule has 0 saturated heterocycles. The summed E-state index contributed by atoms with van der Waals surface area (Å²) in [5.74, 6) is -4.35. The van der Waals surface area contributed by atoms with Crippen molar-refractivity contribution in [2.45, 2.75) is 24.9 Å². The molecule has 114 valence electrons. The second-order valence-electron chi connectivity index (χ2n) is 3.86. The SMILES string of the molecule is NC(CCC(=O)NC(CS)C(=O)NCC(=O)[O-])C(=O)[O-].[Zn+2]. The summed E-state index contributed by atoms with van der Waals surface area (Å²) < 4.78 is 0. The topological polar surface area (TPSA) is 164 Å². The first-order valence-electron chi connectivity index (χ1n) is 5.62. The van der Waals surface area contributed by atoms with Gasteiger partial charge in [0.1, 0.15) is 6.04 Å². The van der Waals surface area contributed by atoms with Crippen LogP contribution in [0.5, 0.6) is 0 Å². The molecular formula is C10H15N3O6SZn. The van der Waals surface area contributed by atoms with Gasteiger partial charge in [-0.15, -0.1) is 0 Å². The zero-order valence-electron chi connectivity index (χ0n) is 11.2. The van der Waals surface area contributed by atoms with Gasteiger partial charge in [0.05, 0.1) is 18.5 Å². The van der Waals surface area contributed by atoms with E-state index in [0.29, 0.717) is 0 Å². The maximum atomic E-state index is 11.5. The van der Waals surface area contributed by atoms with Crippen LogP contribution in [0.15, 0.2) is 0 Å². The quantitative estimate of drug-likeness (QED) is 0.233. The first-order chi connectivity index (χ1) is 9.27. The Morgan fingerprint density at radius 1 is 1.19 bits per heavy atom. The van der Waals surface area contributed by atoms with E-state index in [4.69, 9.17) is 5.73 Å². The number of hydrogen-bond donors (Lipinski definition) is 4. The molecule has 0 aliphatic rings. The Bertz CT molecular complexity index is 395. The van der Waals surface area contributed by atoms with Gasteiger partial charge >= 0.3 is 19.5 Å². The average Bonchev–Trinajstić information content (AvgIpc) is 2.38. The fourth-order valence-electron chi connectivity index (χ4n) is 1.15. The summed E-state index contributed by atoms with van der Waals surface area (Å²) in [5.41, 5.74) is 5.16. The summed E-state index contributed by atoms with van der Waals surface area (Å²) in [6, 6.07) is -2.31. The van der Waals surface area contributed by atoms with Crippen LogP contribution in [0, 0.1) is 0 Å². The van der Waals surface area contributed by atoms with Crippen LogP contribution >= 0.6 is 12.6 Å². The number of carboxylic acid groups (broad SMARTS) is 2. The van der Waals surface area contributed by atoms with E-state index >= 15 is 0 Å². The van der Waals surface area contributed by atoms with E-state index in [2.05, 4.69) is 17.9 Å². The second-order valence-corrected chi connectivity index (χ2v) is 4.22. The Kier molecular flexibility index (Phi) is 12.1. The monoisotopic (exact) mass is 369 g/mol. The molecule has 0 fully saturated rings. The fraction of sp³-hybridized carbons (Fsp3) is 0.600. The molecule has 0 bridgehead atoms. The van der Waals surface area contributed by atoms with Crippen LogP contribution in [-0.2, 0) is 38.7 Å². The molecule has 0 aliphatic carbocycles. The standard InChI is InChI=1S/C10H17N3O6S.Zn/c11-5(10(18)19)1-2-7(14)13-6(4-20)9(17)12-3-8(15)16;/h5-6,20H,1-4,11H2,(H,12,17)(H,13,14)(H,15,16)(H,18,19);/q;+2/p-2. The summed E-state index contributed by atoms with van der Waals surface area (Å²) >= 11 is 3.85. The largest absolute Gasteiger partial charge is 2.00 e. The molecule has 21 heavy (non-hydrogen) atoms. The number of hydrogen-bond acceptors (Lipinski definition) is 8. The van der Waals surface area contributed by atoms with Crippen LogP contribution in [0.3, 0.4) is 0 Å². The van der Waals surface area contributed by atoms with Crippen LogP contribution in [0.25, 0.3) is 0 Å². The van der Waals surface area contributed by atoms with Crippen molar-refractivity contribution in [3.63, 3.8) is 0 Å². The van der Waals surface area contributed by atoms with Crippen molar-refractivity contribution in [1.29, 1.82) is 0 Å².